The van der Waals surface area contributed by atoms with Gasteiger partial charge in [0, 0.05) is 20.1 Å². The summed E-state index contributed by atoms with van der Waals surface area (Å²) in [7, 11) is 1.72. The number of carbonyl (C=O) groups excluding carboxylic acids is 2. The van der Waals surface area contributed by atoms with Crippen LogP contribution < -0.4 is 0 Å². The van der Waals surface area contributed by atoms with E-state index in [2.05, 4.69) is 0 Å². The van der Waals surface area contributed by atoms with Gasteiger partial charge in [0.2, 0.25) is 11.8 Å². The van der Waals surface area contributed by atoms with Crippen LogP contribution in [0.5, 0.6) is 0 Å². The van der Waals surface area contributed by atoms with Crippen molar-refractivity contribution in [3.63, 3.8) is 0 Å². The Morgan fingerprint density at radius 1 is 1.20 bits per heavy atom. The summed E-state index contributed by atoms with van der Waals surface area (Å²) in [4.78, 5) is 39.3. The molecule has 1 heterocycles. The van der Waals surface area contributed by atoms with Crippen LogP contribution in [0, 0.1) is 11.8 Å². The van der Waals surface area contributed by atoms with Crippen LogP contribution in [0.25, 0.3) is 0 Å². The fraction of sp³-hybridized carbons (Fsp3) is 0.786. The maximum Gasteiger partial charge on any atom is 0.307 e. The molecule has 2 atom stereocenters. The fourth-order valence-electron chi connectivity index (χ4n) is 3.35. The van der Waals surface area contributed by atoms with Gasteiger partial charge in [-0.2, -0.15) is 0 Å². The highest BCUT2D eigenvalue weighted by atomic mass is 16.4. The van der Waals surface area contributed by atoms with E-state index < -0.39 is 23.3 Å². The van der Waals surface area contributed by atoms with Gasteiger partial charge in [-0.3, -0.25) is 14.4 Å². The van der Waals surface area contributed by atoms with Crippen molar-refractivity contribution in [3.05, 3.63) is 0 Å². The lowest BCUT2D eigenvalue weighted by atomic mass is 9.90. The summed E-state index contributed by atoms with van der Waals surface area (Å²) in [6, 6.07) is 0. The van der Waals surface area contributed by atoms with E-state index in [0.717, 1.165) is 6.42 Å². The number of hydrogen-bond donors (Lipinski definition) is 1. The summed E-state index contributed by atoms with van der Waals surface area (Å²) in [6.45, 7) is 4.43. The minimum Gasteiger partial charge on any atom is -0.481 e. The highest BCUT2D eigenvalue weighted by Crippen LogP contribution is 2.35. The number of carboxylic acids is 1. The van der Waals surface area contributed by atoms with Crippen LogP contribution in [-0.4, -0.2) is 58.4 Å². The van der Waals surface area contributed by atoms with Gasteiger partial charge in [0.25, 0.3) is 0 Å². The number of amides is 2. The van der Waals surface area contributed by atoms with E-state index >= 15 is 0 Å². The third kappa shape index (κ3) is 2.27. The summed E-state index contributed by atoms with van der Waals surface area (Å²) in [5.41, 5.74) is -0.893. The Labute approximate surface area is 118 Å². The predicted molar refractivity (Wildman–Crippen MR) is 71.9 cm³/mol. The van der Waals surface area contributed by atoms with Crippen LogP contribution in [0.15, 0.2) is 0 Å². The molecule has 6 heteroatoms. The molecule has 2 rings (SSSR count). The molecule has 6 nitrogen and oxygen atoms in total. The van der Waals surface area contributed by atoms with Crippen molar-refractivity contribution in [3.8, 4) is 0 Å². The summed E-state index contributed by atoms with van der Waals surface area (Å²) in [5, 5.41) is 9.21. The van der Waals surface area contributed by atoms with E-state index in [1.54, 1.807) is 30.7 Å². The molecule has 0 spiro atoms. The minimum absolute atomic E-state index is 0.0954. The molecular formula is C14H22N2O4. The van der Waals surface area contributed by atoms with Gasteiger partial charge in [-0.15, -0.1) is 0 Å². The first-order valence-corrected chi connectivity index (χ1v) is 7.06. The second-order valence-electron chi connectivity index (χ2n) is 6.26. The molecule has 0 aromatic heterocycles. The van der Waals surface area contributed by atoms with Crippen molar-refractivity contribution in [1.82, 2.24) is 9.80 Å². The Kier molecular flexibility index (Phi) is 3.75. The third-order valence-corrected chi connectivity index (χ3v) is 4.62. The van der Waals surface area contributed by atoms with Crippen molar-refractivity contribution < 1.29 is 19.5 Å². The number of piperazine rings is 1. The maximum atomic E-state index is 12.7. The molecule has 1 aliphatic heterocycles. The van der Waals surface area contributed by atoms with Gasteiger partial charge in [-0.05, 0) is 26.7 Å². The Bertz CT molecular complexity index is 446. The summed E-state index contributed by atoms with van der Waals surface area (Å²) < 4.78 is 0. The van der Waals surface area contributed by atoms with Gasteiger partial charge in [0.1, 0.15) is 5.54 Å². The molecule has 0 radical (unpaired) electrons. The Morgan fingerprint density at radius 2 is 1.80 bits per heavy atom. The molecule has 2 amide bonds. The van der Waals surface area contributed by atoms with Gasteiger partial charge in [0.15, 0.2) is 0 Å². The van der Waals surface area contributed by atoms with Crippen LogP contribution in [-0.2, 0) is 14.4 Å². The highest BCUT2D eigenvalue weighted by molar-refractivity contribution is 5.93. The van der Waals surface area contributed by atoms with Crippen LogP contribution >= 0.6 is 0 Å². The molecular weight excluding hydrogens is 260 g/mol. The number of likely N-dealkylation sites (N-methyl/N-ethyl adjacent to an activating group) is 1. The largest absolute Gasteiger partial charge is 0.481 e. The SMILES string of the molecule is CN1CCN(C(=O)[C@@H]2CCC[C@@H]2C(=O)O)C(C)(C)C1=O. The molecule has 20 heavy (non-hydrogen) atoms. The molecule has 112 valence electrons. The second-order valence-corrected chi connectivity index (χ2v) is 6.26. The van der Waals surface area contributed by atoms with E-state index in [0.29, 0.717) is 25.9 Å². The minimum atomic E-state index is -0.904. The van der Waals surface area contributed by atoms with Gasteiger partial charge in [-0.25, -0.2) is 0 Å². The Balaban J connectivity index is 2.20. The summed E-state index contributed by atoms with van der Waals surface area (Å²) in [6.07, 6.45) is 1.91. The molecule has 0 aromatic rings. The monoisotopic (exact) mass is 282 g/mol. The van der Waals surface area contributed by atoms with Crippen molar-refractivity contribution in [2.45, 2.75) is 38.6 Å². The van der Waals surface area contributed by atoms with E-state index in [-0.39, 0.29) is 11.8 Å². The van der Waals surface area contributed by atoms with Gasteiger partial charge in [-0.1, -0.05) is 6.42 Å². The number of hydrogen-bond acceptors (Lipinski definition) is 3. The van der Waals surface area contributed by atoms with Crippen molar-refractivity contribution >= 4 is 17.8 Å². The van der Waals surface area contributed by atoms with E-state index in [1.807, 2.05) is 0 Å². The predicted octanol–water partition coefficient (Wildman–Crippen LogP) is 0.566. The zero-order valence-corrected chi connectivity index (χ0v) is 12.3. The molecule has 2 aliphatic rings. The average molecular weight is 282 g/mol. The molecule has 0 unspecified atom stereocenters. The molecule has 1 aliphatic carbocycles. The van der Waals surface area contributed by atoms with E-state index in [9.17, 15) is 19.5 Å². The standard InChI is InChI=1S/C14H22N2O4/c1-14(2)13(20)15(3)7-8-16(14)11(17)9-5-4-6-10(9)12(18)19/h9-10H,4-8H2,1-3H3,(H,18,19)/t9-,10+/m1/s1. The lowest BCUT2D eigenvalue weighted by Gasteiger charge is -2.46. The maximum absolute atomic E-state index is 12.7. The molecule has 1 saturated carbocycles. The van der Waals surface area contributed by atoms with Gasteiger partial charge >= 0.3 is 5.97 Å². The summed E-state index contributed by atoms with van der Waals surface area (Å²) in [5.74, 6) is -2.27. The zero-order chi connectivity index (χ0) is 15.1. The normalized spacial score (nSPS) is 29.6. The topological polar surface area (TPSA) is 77.9 Å². The number of nitrogens with zero attached hydrogens (tertiary/aromatic N) is 2. The molecule has 0 bridgehead atoms. The van der Waals surface area contributed by atoms with Crippen LogP contribution in [0.2, 0.25) is 0 Å². The first-order chi connectivity index (χ1) is 9.26. The molecule has 2 fully saturated rings. The molecule has 1 N–H and O–H groups in total. The number of carboxylic acid groups (broad SMARTS) is 1. The fourth-order valence-corrected chi connectivity index (χ4v) is 3.35. The summed E-state index contributed by atoms with van der Waals surface area (Å²) >= 11 is 0. The molecule has 0 aromatic carbocycles. The highest BCUT2D eigenvalue weighted by Gasteiger charge is 2.47. The first kappa shape index (κ1) is 14.8. The van der Waals surface area contributed by atoms with Crippen LogP contribution in [0.3, 0.4) is 0 Å². The number of aliphatic carboxylic acids is 1. The van der Waals surface area contributed by atoms with Crippen molar-refractivity contribution in [2.75, 3.05) is 20.1 Å². The van der Waals surface area contributed by atoms with Crippen LogP contribution in [0.1, 0.15) is 33.1 Å². The van der Waals surface area contributed by atoms with Crippen molar-refractivity contribution in [1.29, 1.82) is 0 Å². The van der Waals surface area contributed by atoms with Gasteiger partial charge in [0.05, 0.1) is 11.8 Å². The second kappa shape index (κ2) is 5.07. The lowest BCUT2D eigenvalue weighted by Crippen LogP contribution is -2.64. The zero-order valence-electron chi connectivity index (χ0n) is 12.3. The van der Waals surface area contributed by atoms with Gasteiger partial charge < -0.3 is 14.9 Å². The third-order valence-electron chi connectivity index (χ3n) is 4.62. The lowest BCUT2D eigenvalue weighted by molar-refractivity contribution is -0.162. The average Bonchev–Trinajstić information content (AvgIpc) is 2.85. The Morgan fingerprint density at radius 3 is 2.40 bits per heavy atom. The van der Waals surface area contributed by atoms with E-state index in [1.165, 1.54) is 0 Å². The quantitative estimate of drug-likeness (QED) is 0.803. The number of rotatable bonds is 2. The first-order valence-electron chi connectivity index (χ1n) is 7.06. The van der Waals surface area contributed by atoms with Crippen molar-refractivity contribution in [2.24, 2.45) is 11.8 Å². The number of carbonyl (C=O) groups is 3. The smallest absolute Gasteiger partial charge is 0.307 e. The van der Waals surface area contributed by atoms with Crippen LogP contribution in [0.4, 0.5) is 0 Å². The Hall–Kier alpha value is -1.59. The molecule has 1 saturated heterocycles. The van der Waals surface area contributed by atoms with E-state index in [4.69, 9.17) is 0 Å².